The predicted octanol–water partition coefficient (Wildman–Crippen LogP) is 2.94. The van der Waals surface area contributed by atoms with Gasteiger partial charge in [0.05, 0.1) is 0 Å². The van der Waals surface area contributed by atoms with Crippen LogP contribution in [0.1, 0.15) is 49.4 Å². The Morgan fingerprint density at radius 2 is 1.88 bits per heavy atom. The molecule has 2 rings (SSSR count). The summed E-state index contributed by atoms with van der Waals surface area (Å²) in [7, 11) is 0. The van der Waals surface area contributed by atoms with Gasteiger partial charge < -0.3 is 10.4 Å². The third-order valence-electron chi connectivity index (χ3n) is 3.47. The minimum absolute atomic E-state index is 0.234. The Kier molecular flexibility index (Phi) is 3.49. The second-order valence-corrected chi connectivity index (χ2v) is 4.67. The molecule has 16 heavy (non-hydrogen) atoms. The minimum Gasteiger partial charge on any atom is -0.508 e. The van der Waals surface area contributed by atoms with E-state index in [1.807, 2.05) is 6.07 Å². The van der Waals surface area contributed by atoms with Gasteiger partial charge in [-0.05, 0) is 56.3 Å². The number of phenols is 1. The van der Waals surface area contributed by atoms with Crippen LogP contribution in [0.5, 0.6) is 5.75 Å². The highest BCUT2D eigenvalue weighted by Gasteiger charge is 2.15. The first-order valence-corrected chi connectivity index (χ1v) is 6.30. The first-order chi connectivity index (χ1) is 7.72. The van der Waals surface area contributed by atoms with E-state index in [2.05, 4.69) is 25.2 Å². The zero-order valence-electron chi connectivity index (χ0n) is 10.2. The smallest absolute Gasteiger partial charge is 0.120 e. The lowest BCUT2D eigenvalue weighted by Crippen LogP contribution is -2.18. The second kappa shape index (κ2) is 4.88. The van der Waals surface area contributed by atoms with Crippen LogP contribution in [-0.4, -0.2) is 11.7 Å². The first kappa shape index (κ1) is 11.5. The normalized spacial score (nSPS) is 16.9. The molecule has 0 heterocycles. The number of hydrogen-bond acceptors (Lipinski definition) is 2. The average Bonchev–Trinajstić information content (AvgIpc) is 2.28. The summed E-state index contributed by atoms with van der Waals surface area (Å²) < 4.78 is 0. The highest BCUT2D eigenvalue weighted by Crippen LogP contribution is 2.31. The molecule has 0 spiro atoms. The molecule has 0 radical (unpaired) electrons. The molecule has 0 aliphatic heterocycles. The van der Waals surface area contributed by atoms with Crippen LogP contribution < -0.4 is 5.32 Å². The molecule has 88 valence electrons. The van der Waals surface area contributed by atoms with E-state index in [-0.39, 0.29) is 6.04 Å². The second-order valence-electron chi connectivity index (χ2n) is 4.67. The number of fused-ring (bicyclic) bond motifs is 1. The van der Waals surface area contributed by atoms with E-state index in [9.17, 15) is 5.11 Å². The number of rotatable bonds is 3. The van der Waals surface area contributed by atoms with Gasteiger partial charge in [-0.25, -0.2) is 0 Å². The van der Waals surface area contributed by atoms with Crippen molar-refractivity contribution in [1.29, 1.82) is 0 Å². The van der Waals surface area contributed by atoms with Crippen LogP contribution in [0.15, 0.2) is 12.1 Å². The molecule has 0 saturated carbocycles. The van der Waals surface area contributed by atoms with Crippen LogP contribution in [0.25, 0.3) is 0 Å². The maximum absolute atomic E-state index is 10.0. The fourth-order valence-electron chi connectivity index (χ4n) is 2.55. The molecule has 1 aliphatic rings. The summed E-state index contributed by atoms with van der Waals surface area (Å²) in [6.07, 6.45) is 4.83. The highest BCUT2D eigenvalue weighted by molar-refractivity contribution is 5.44. The Morgan fingerprint density at radius 3 is 2.50 bits per heavy atom. The molecule has 0 amide bonds. The van der Waals surface area contributed by atoms with Gasteiger partial charge in [0.25, 0.3) is 0 Å². The zero-order chi connectivity index (χ0) is 11.5. The molecule has 2 N–H and O–H groups in total. The van der Waals surface area contributed by atoms with Gasteiger partial charge in [0, 0.05) is 11.6 Å². The number of hydrogen-bond donors (Lipinski definition) is 2. The van der Waals surface area contributed by atoms with Crippen LogP contribution in [0.3, 0.4) is 0 Å². The molecule has 1 aromatic rings. The van der Waals surface area contributed by atoms with Gasteiger partial charge in [-0.15, -0.1) is 0 Å². The summed E-state index contributed by atoms with van der Waals surface area (Å²) >= 11 is 0. The molecular formula is C14H21NO. The van der Waals surface area contributed by atoms with Gasteiger partial charge in [0.15, 0.2) is 0 Å². The van der Waals surface area contributed by atoms with Crippen molar-refractivity contribution >= 4 is 0 Å². The fraction of sp³-hybridized carbons (Fsp3) is 0.571. The summed E-state index contributed by atoms with van der Waals surface area (Å²) in [5.74, 6) is 0.453. The van der Waals surface area contributed by atoms with Gasteiger partial charge in [-0.1, -0.05) is 13.0 Å². The van der Waals surface area contributed by atoms with Crippen molar-refractivity contribution in [3.63, 3.8) is 0 Å². The highest BCUT2D eigenvalue weighted by atomic mass is 16.3. The van der Waals surface area contributed by atoms with Crippen molar-refractivity contribution < 1.29 is 5.11 Å². The number of aromatic hydroxyl groups is 1. The van der Waals surface area contributed by atoms with E-state index in [0.717, 1.165) is 18.5 Å². The van der Waals surface area contributed by atoms with Crippen LogP contribution >= 0.6 is 0 Å². The van der Waals surface area contributed by atoms with Crippen molar-refractivity contribution in [2.45, 2.75) is 45.6 Å². The van der Waals surface area contributed by atoms with Crippen LogP contribution in [0, 0.1) is 0 Å². The lowest BCUT2D eigenvalue weighted by atomic mass is 9.89. The largest absolute Gasteiger partial charge is 0.508 e. The quantitative estimate of drug-likeness (QED) is 0.819. The van der Waals surface area contributed by atoms with E-state index in [1.165, 1.54) is 30.4 Å². The third kappa shape index (κ3) is 2.22. The predicted molar refractivity (Wildman–Crippen MR) is 66.8 cm³/mol. The van der Waals surface area contributed by atoms with E-state index in [0.29, 0.717) is 5.75 Å². The molecular weight excluding hydrogens is 198 g/mol. The van der Waals surface area contributed by atoms with Gasteiger partial charge in [-0.2, -0.15) is 0 Å². The van der Waals surface area contributed by atoms with Gasteiger partial charge in [0.1, 0.15) is 5.75 Å². The molecule has 0 saturated heterocycles. The Hall–Kier alpha value is -1.02. The summed E-state index contributed by atoms with van der Waals surface area (Å²) in [6, 6.07) is 4.40. The molecule has 2 heteroatoms. The topological polar surface area (TPSA) is 32.3 Å². The van der Waals surface area contributed by atoms with Crippen molar-refractivity contribution in [3.05, 3.63) is 28.8 Å². The molecule has 1 aromatic carbocycles. The van der Waals surface area contributed by atoms with Crippen LogP contribution in [0.4, 0.5) is 0 Å². The number of phenolic OH excluding ortho intramolecular Hbond substituents is 1. The molecule has 0 fully saturated rings. The molecule has 1 unspecified atom stereocenters. The maximum Gasteiger partial charge on any atom is 0.120 e. The molecule has 1 aliphatic carbocycles. The summed E-state index contributed by atoms with van der Waals surface area (Å²) in [5.41, 5.74) is 3.82. The Labute approximate surface area is 97.7 Å². The minimum atomic E-state index is 0.234. The molecule has 1 atom stereocenters. The third-order valence-corrected chi connectivity index (χ3v) is 3.47. The maximum atomic E-state index is 10.0. The lowest BCUT2D eigenvalue weighted by molar-refractivity contribution is 0.452. The van der Waals surface area contributed by atoms with Gasteiger partial charge >= 0.3 is 0 Å². The Balaban J connectivity index is 2.31. The van der Waals surface area contributed by atoms with Crippen molar-refractivity contribution in [3.8, 4) is 5.75 Å². The summed E-state index contributed by atoms with van der Waals surface area (Å²) in [4.78, 5) is 0. The van der Waals surface area contributed by atoms with E-state index >= 15 is 0 Å². The number of benzene rings is 1. The van der Waals surface area contributed by atoms with E-state index in [4.69, 9.17) is 0 Å². The van der Waals surface area contributed by atoms with E-state index < -0.39 is 0 Å². The van der Waals surface area contributed by atoms with Crippen LogP contribution in [0.2, 0.25) is 0 Å². The Morgan fingerprint density at radius 1 is 1.25 bits per heavy atom. The molecule has 2 nitrogen and oxygen atoms in total. The van der Waals surface area contributed by atoms with Crippen LogP contribution in [-0.2, 0) is 12.8 Å². The monoisotopic (exact) mass is 219 g/mol. The van der Waals surface area contributed by atoms with Crippen molar-refractivity contribution in [1.82, 2.24) is 5.32 Å². The fourth-order valence-corrected chi connectivity index (χ4v) is 2.55. The number of nitrogens with one attached hydrogen (secondary N) is 1. The zero-order valence-corrected chi connectivity index (χ0v) is 10.2. The van der Waals surface area contributed by atoms with Gasteiger partial charge in [0.2, 0.25) is 0 Å². The van der Waals surface area contributed by atoms with E-state index in [1.54, 1.807) is 0 Å². The number of aryl methyl sites for hydroxylation is 2. The standard InChI is InChI=1S/C14H21NO/c1-3-15-10(2)13-8-11-6-4-5-7-12(11)9-14(13)16/h8-10,15-16H,3-7H2,1-2H3. The lowest BCUT2D eigenvalue weighted by Gasteiger charge is -2.21. The molecule has 0 aromatic heterocycles. The first-order valence-electron chi connectivity index (χ1n) is 6.30. The summed E-state index contributed by atoms with van der Waals surface area (Å²) in [5, 5.41) is 13.4. The SMILES string of the molecule is CCNC(C)c1cc2c(cc1O)CCCC2. The Bertz CT molecular complexity index is 373. The average molecular weight is 219 g/mol. The molecule has 0 bridgehead atoms. The van der Waals surface area contributed by atoms with Crippen molar-refractivity contribution in [2.24, 2.45) is 0 Å². The van der Waals surface area contributed by atoms with Gasteiger partial charge in [-0.3, -0.25) is 0 Å². The van der Waals surface area contributed by atoms with Crippen molar-refractivity contribution in [2.75, 3.05) is 6.54 Å². The summed E-state index contributed by atoms with van der Waals surface area (Å²) in [6.45, 7) is 5.12.